The Morgan fingerprint density at radius 3 is 2.40 bits per heavy atom. The third-order valence-corrected chi connectivity index (χ3v) is 8.03. The first-order valence-corrected chi connectivity index (χ1v) is 15.0. The van der Waals surface area contributed by atoms with Crippen molar-refractivity contribution >= 4 is 35.2 Å². The van der Waals surface area contributed by atoms with Crippen LogP contribution in [-0.4, -0.2) is 64.6 Å². The number of urea groups is 1. The maximum absolute atomic E-state index is 14.0. The largest absolute Gasteiger partial charge is 0.481 e. The number of carbonyl (C=O) groups is 4. The molecule has 3 aromatic rings. The molecule has 0 aliphatic carbocycles. The Hall–Kier alpha value is -5.06. The Labute approximate surface area is 262 Å². The number of piperazine rings is 1. The van der Waals surface area contributed by atoms with Crippen LogP contribution in [0, 0.1) is 12.8 Å². The van der Waals surface area contributed by atoms with E-state index in [1.165, 1.54) is 0 Å². The molecule has 2 aliphatic rings. The number of carboxylic acids is 1. The lowest BCUT2D eigenvalue weighted by Gasteiger charge is -2.44. The van der Waals surface area contributed by atoms with E-state index in [9.17, 15) is 24.3 Å². The summed E-state index contributed by atoms with van der Waals surface area (Å²) in [6.45, 7) is 6.45. The second-order valence-electron chi connectivity index (χ2n) is 11.8. The van der Waals surface area contributed by atoms with Crippen LogP contribution in [0.3, 0.4) is 0 Å². The van der Waals surface area contributed by atoms with Gasteiger partial charge in [-0.3, -0.25) is 14.4 Å². The average Bonchev–Trinajstić information content (AvgIpc) is 3.47. The minimum atomic E-state index is -1.03. The number of carbonyl (C=O) groups excluding carboxylic acids is 3. The highest BCUT2D eigenvalue weighted by atomic mass is 16.7. The Morgan fingerprint density at radius 2 is 1.69 bits per heavy atom. The number of hydrogen-bond acceptors (Lipinski definition) is 6. The molecule has 2 atom stereocenters. The highest BCUT2D eigenvalue weighted by molar-refractivity contribution is 6.00. The molecule has 11 heteroatoms. The summed E-state index contributed by atoms with van der Waals surface area (Å²) in [5.74, 6) is -0.294. The van der Waals surface area contributed by atoms with Gasteiger partial charge in [-0.1, -0.05) is 50.2 Å². The van der Waals surface area contributed by atoms with E-state index in [-0.39, 0.29) is 56.5 Å². The van der Waals surface area contributed by atoms with Crippen LogP contribution < -0.4 is 20.1 Å². The summed E-state index contributed by atoms with van der Waals surface area (Å²) < 4.78 is 10.9. The van der Waals surface area contributed by atoms with Crippen molar-refractivity contribution in [1.29, 1.82) is 0 Å². The zero-order valence-electron chi connectivity index (χ0n) is 25.6. The number of ether oxygens (including phenoxy) is 2. The molecular formula is C34H38N4O7. The predicted molar refractivity (Wildman–Crippen MR) is 168 cm³/mol. The van der Waals surface area contributed by atoms with Gasteiger partial charge in [-0.15, -0.1) is 0 Å². The van der Waals surface area contributed by atoms with Gasteiger partial charge in [0.05, 0.1) is 18.9 Å². The number of carboxylic acid groups (broad SMARTS) is 1. The van der Waals surface area contributed by atoms with Crippen molar-refractivity contribution in [2.75, 3.05) is 30.5 Å². The first-order valence-electron chi connectivity index (χ1n) is 15.0. The number of hydrogen-bond donors (Lipinski definition) is 3. The van der Waals surface area contributed by atoms with E-state index >= 15 is 0 Å². The molecule has 45 heavy (non-hydrogen) atoms. The third-order valence-electron chi connectivity index (χ3n) is 8.03. The van der Waals surface area contributed by atoms with Crippen LogP contribution in [0.1, 0.15) is 49.4 Å². The number of fused-ring (bicyclic) bond motifs is 1. The number of anilines is 2. The number of amides is 4. The molecule has 5 rings (SSSR count). The van der Waals surface area contributed by atoms with Crippen LogP contribution in [0.25, 0.3) is 0 Å². The molecule has 4 amide bonds. The van der Waals surface area contributed by atoms with E-state index in [2.05, 4.69) is 10.6 Å². The molecule has 2 aliphatic heterocycles. The fourth-order valence-corrected chi connectivity index (χ4v) is 5.76. The predicted octanol–water partition coefficient (Wildman–Crippen LogP) is 5.21. The molecule has 0 aromatic heterocycles. The minimum absolute atomic E-state index is 0.0816. The van der Waals surface area contributed by atoms with Crippen LogP contribution in [-0.2, 0) is 20.8 Å². The van der Waals surface area contributed by atoms with Gasteiger partial charge in [-0.05, 0) is 66.3 Å². The number of nitrogens with zero attached hydrogens (tertiary/aromatic N) is 2. The van der Waals surface area contributed by atoms with Crippen molar-refractivity contribution in [2.45, 2.75) is 52.1 Å². The lowest BCUT2D eigenvalue weighted by atomic mass is 9.94. The highest BCUT2D eigenvalue weighted by Gasteiger charge is 2.41. The minimum Gasteiger partial charge on any atom is -0.481 e. The zero-order chi connectivity index (χ0) is 32.1. The number of para-hydroxylation sites is 1. The first kappa shape index (κ1) is 31.4. The standard InChI is InChI=1S/C34H38N4O7/c1-21(2)16-28-33(42)38(27(19-32(40)41)24-10-13-29-30(18-24)45-20-44-29)15-14-37(28)31(39)17-23-8-11-25(12-9-23)35-34(43)36-26-7-5-4-6-22(26)3/h4-13,18,21,27-28H,14-17,19-20H2,1-3H3,(H,40,41)(H2,35,36,43). The second-order valence-corrected chi connectivity index (χ2v) is 11.8. The number of rotatable bonds is 10. The number of aryl methyl sites for hydroxylation is 1. The molecule has 1 saturated heterocycles. The van der Waals surface area contributed by atoms with Gasteiger partial charge in [0.1, 0.15) is 6.04 Å². The molecule has 1 fully saturated rings. The summed E-state index contributed by atoms with van der Waals surface area (Å²) in [5.41, 5.74) is 3.62. The van der Waals surface area contributed by atoms with Gasteiger partial charge in [0.2, 0.25) is 18.6 Å². The summed E-state index contributed by atoms with van der Waals surface area (Å²) in [6, 6.07) is 17.9. The van der Waals surface area contributed by atoms with E-state index in [1.807, 2.05) is 45.0 Å². The summed E-state index contributed by atoms with van der Waals surface area (Å²) >= 11 is 0. The maximum Gasteiger partial charge on any atom is 0.323 e. The molecule has 3 aromatic carbocycles. The quantitative estimate of drug-likeness (QED) is 0.285. The maximum atomic E-state index is 14.0. The van der Waals surface area contributed by atoms with E-state index < -0.39 is 18.1 Å². The van der Waals surface area contributed by atoms with Gasteiger partial charge in [0.15, 0.2) is 11.5 Å². The van der Waals surface area contributed by atoms with Gasteiger partial charge in [0, 0.05) is 24.5 Å². The van der Waals surface area contributed by atoms with E-state index in [0.29, 0.717) is 34.9 Å². The molecule has 2 heterocycles. The molecule has 236 valence electrons. The third kappa shape index (κ3) is 7.54. The fourth-order valence-electron chi connectivity index (χ4n) is 5.76. The Kier molecular flexibility index (Phi) is 9.56. The van der Waals surface area contributed by atoms with Crippen molar-refractivity contribution in [2.24, 2.45) is 5.92 Å². The van der Waals surface area contributed by atoms with Gasteiger partial charge < -0.3 is 35.0 Å². The molecule has 0 saturated carbocycles. The van der Waals surface area contributed by atoms with Crippen LogP contribution in [0.2, 0.25) is 0 Å². The number of benzene rings is 3. The Morgan fingerprint density at radius 1 is 0.956 bits per heavy atom. The van der Waals surface area contributed by atoms with Crippen molar-refractivity contribution in [1.82, 2.24) is 9.80 Å². The average molecular weight is 615 g/mol. The summed E-state index contributed by atoms with van der Waals surface area (Å²) in [6.07, 6.45) is 0.246. The Balaban J connectivity index is 1.26. The van der Waals surface area contributed by atoms with Gasteiger partial charge >= 0.3 is 12.0 Å². The second kappa shape index (κ2) is 13.7. The lowest BCUT2D eigenvalue weighted by molar-refractivity contribution is -0.155. The SMILES string of the molecule is Cc1ccccc1NC(=O)Nc1ccc(CC(=O)N2CCN(C(CC(=O)O)c3ccc4c(c3)OCO4)C(=O)C2CC(C)C)cc1. The molecule has 0 spiro atoms. The van der Waals surface area contributed by atoms with Crippen molar-refractivity contribution in [3.63, 3.8) is 0 Å². The van der Waals surface area contributed by atoms with Crippen molar-refractivity contribution < 1.29 is 33.8 Å². The van der Waals surface area contributed by atoms with E-state index in [1.54, 1.807) is 52.3 Å². The molecule has 0 radical (unpaired) electrons. The molecular weight excluding hydrogens is 576 g/mol. The monoisotopic (exact) mass is 614 g/mol. The topological polar surface area (TPSA) is 138 Å². The van der Waals surface area contributed by atoms with Crippen molar-refractivity contribution in [3.05, 3.63) is 83.4 Å². The van der Waals surface area contributed by atoms with Crippen LogP contribution in [0.4, 0.5) is 16.2 Å². The highest BCUT2D eigenvalue weighted by Crippen LogP contribution is 2.37. The van der Waals surface area contributed by atoms with Crippen LogP contribution in [0.5, 0.6) is 11.5 Å². The lowest BCUT2D eigenvalue weighted by Crippen LogP contribution is -2.60. The van der Waals surface area contributed by atoms with Crippen molar-refractivity contribution in [3.8, 4) is 11.5 Å². The van der Waals surface area contributed by atoms with Gasteiger partial charge in [-0.2, -0.15) is 0 Å². The smallest absolute Gasteiger partial charge is 0.323 e. The normalized spacial score (nSPS) is 16.4. The Bertz CT molecular complexity index is 1570. The van der Waals surface area contributed by atoms with Gasteiger partial charge in [-0.25, -0.2) is 4.79 Å². The molecule has 11 nitrogen and oxygen atoms in total. The van der Waals surface area contributed by atoms with E-state index in [0.717, 1.165) is 11.1 Å². The van der Waals surface area contributed by atoms with Crippen LogP contribution >= 0.6 is 0 Å². The molecule has 0 bridgehead atoms. The number of aliphatic carboxylic acids is 1. The number of nitrogens with one attached hydrogen (secondary N) is 2. The van der Waals surface area contributed by atoms with Crippen LogP contribution in [0.15, 0.2) is 66.7 Å². The molecule has 2 unspecified atom stereocenters. The zero-order valence-corrected chi connectivity index (χ0v) is 25.6. The fraction of sp³-hybridized carbons (Fsp3) is 0.353. The van der Waals surface area contributed by atoms with E-state index in [4.69, 9.17) is 9.47 Å². The summed E-state index contributed by atoms with van der Waals surface area (Å²) in [5, 5.41) is 15.4. The molecule has 3 N–H and O–H groups in total. The summed E-state index contributed by atoms with van der Waals surface area (Å²) in [7, 11) is 0. The van der Waals surface area contributed by atoms with Gasteiger partial charge in [0.25, 0.3) is 0 Å². The first-order chi connectivity index (χ1) is 21.6. The summed E-state index contributed by atoms with van der Waals surface area (Å²) in [4.78, 5) is 55.2.